The number of fused-ring (bicyclic) bond motifs is 3. The van der Waals surface area contributed by atoms with Crippen molar-refractivity contribution in [3.8, 4) is 0 Å². The highest BCUT2D eigenvalue weighted by molar-refractivity contribution is 5.98. The number of aromatic nitrogens is 4. The SMILES string of the molecule is Cc1cc2n(n1)CC[C@H](NCC(=O)c1ncc3c(n1)C1(CCOCC1)OC3)C(=O)N2C. The fraction of sp³-hybridized carbons (Fsp3) is 0.571. The van der Waals surface area contributed by atoms with E-state index in [2.05, 4.69) is 20.4 Å². The summed E-state index contributed by atoms with van der Waals surface area (Å²) in [6.07, 6.45) is 3.68. The number of rotatable bonds is 4. The lowest BCUT2D eigenvalue weighted by atomic mass is 9.90. The fourth-order valence-corrected chi connectivity index (χ4v) is 4.58. The molecule has 2 aromatic rings. The van der Waals surface area contributed by atoms with Gasteiger partial charge in [0.1, 0.15) is 11.4 Å². The highest BCUT2D eigenvalue weighted by Crippen LogP contribution is 2.42. The monoisotopic (exact) mass is 426 g/mol. The number of Topliss-reactive ketones (excluding diaryl/α,β-unsaturated/α-hetero) is 1. The Morgan fingerprint density at radius 2 is 2.16 bits per heavy atom. The summed E-state index contributed by atoms with van der Waals surface area (Å²) in [5.41, 5.74) is 2.13. The summed E-state index contributed by atoms with van der Waals surface area (Å²) in [5.74, 6) is 0.587. The summed E-state index contributed by atoms with van der Waals surface area (Å²) < 4.78 is 13.3. The summed E-state index contributed by atoms with van der Waals surface area (Å²) in [6, 6.07) is 1.41. The lowest BCUT2D eigenvalue weighted by molar-refractivity contribution is -0.120. The summed E-state index contributed by atoms with van der Waals surface area (Å²) in [4.78, 5) is 36.2. The highest BCUT2D eigenvalue weighted by Gasteiger charge is 2.43. The van der Waals surface area contributed by atoms with E-state index in [9.17, 15) is 9.59 Å². The Kier molecular flexibility index (Phi) is 5.07. The lowest BCUT2D eigenvalue weighted by Crippen LogP contribution is -2.46. The number of ketones is 1. The van der Waals surface area contributed by atoms with E-state index in [-0.39, 0.29) is 24.1 Å². The van der Waals surface area contributed by atoms with Gasteiger partial charge in [-0.3, -0.25) is 19.8 Å². The van der Waals surface area contributed by atoms with Gasteiger partial charge in [-0.15, -0.1) is 0 Å². The summed E-state index contributed by atoms with van der Waals surface area (Å²) in [5, 5.41) is 7.54. The zero-order valence-corrected chi connectivity index (χ0v) is 17.8. The molecule has 1 N–H and O–H groups in total. The molecule has 0 radical (unpaired) electrons. The van der Waals surface area contributed by atoms with Gasteiger partial charge in [0, 0.05) is 57.5 Å². The van der Waals surface area contributed by atoms with Crippen LogP contribution in [0, 0.1) is 6.92 Å². The van der Waals surface area contributed by atoms with Crippen molar-refractivity contribution in [2.24, 2.45) is 0 Å². The third-order valence-electron chi connectivity index (χ3n) is 6.34. The number of nitrogens with zero attached hydrogens (tertiary/aromatic N) is 5. The van der Waals surface area contributed by atoms with Crippen LogP contribution in [0.15, 0.2) is 12.3 Å². The van der Waals surface area contributed by atoms with E-state index in [1.54, 1.807) is 18.1 Å². The standard InChI is InChI=1S/C21H26N6O4/c1-13-9-17-26(2)20(29)15(3-6-27(17)25-13)22-11-16(28)19-23-10-14-12-31-21(18(14)24-19)4-7-30-8-5-21/h9-10,15,22H,3-8,11-12H2,1-2H3/t15-/m0/s1. The molecule has 1 atom stereocenters. The minimum Gasteiger partial charge on any atom is -0.381 e. The van der Waals surface area contributed by atoms with Gasteiger partial charge in [0.15, 0.2) is 5.82 Å². The predicted octanol–water partition coefficient (Wildman–Crippen LogP) is 0.725. The van der Waals surface area contributed by atoms with Gasteiger partial charge in [-0.1, -0.05) is 0 Å². The number of aryl methyl sites for hydroxylation is 2. The Morgan fingerprint density at radius 3 is 2.97 bits per heavy atom. The molecule has 1 amide bonds. The molecule has 2 aromatic heterocycles. The van der Waals surface area contributed by atoms with E-state index in [0.717, 1.165) is 35.6 Å². The second kappa shape index (κ2) is 7.77. The number of amides is 1. The summed E-state index contributed by atoms with van der Waals surface area (Å²) in [6.45, 7) is 4.18. The number of likely N-dealkylation sites (N-methyl/N-ethyl adjacent to an activating group) is 1. The molecular weight excluding hydrogens is 400 g/mol. The van der Waals surface area contributed by atoms with E-state index in [4.69, 9.17) is 9.47 Å². The number of hydrogen-bond donors (Lipinski definition) is 1. The Morgan fingerprint density at radius 1 is 1.35 bits per heavy atom. The van der Waals surface area contributed by atoms with Crippen molar-refractivity contribution in [1.29, 1.82) is 0 Å². The quantitative estimate of drug-likeness (QED) is 0.712. The van der Waals surface area contributed by atoms with E-state index < -0.39 is 11.6 Å². The van der Waals surface area contributed by atoms with Crippen molar-refractivity contribution in [1.82, 2.24) is 25.1 Å². The molecule has 0 saturated carbocycles. The first-order valence-corrected chi connectivity index (χ1v) is 10.6. The second-order valence-corrected chi connectivity index (χ2v) is 8.37. The topological polar surface area (TPSA) is 111 Å². The van der Waals surface area contributed by atoms with Crippen LogP contribution in [0.4, 0.5) is 5.82 Å². The van der Waals surface area contributed by atoms with Crippen molar-refractivity contribution >= 4 is 17.5 Å². The molecule has 1 spiro atoms. The van der Waals surface area contributed by atoms with Gasteiger partial charge >= 0.3 is 0 Å². The fourth-order valence-electron chi connectivity index (χ4n) is 4.58. The van der Waals surface area contributed by atoms with Crippen LogP contribution >= 0.6 is 0 Å². The number of anilines is 1. The molecule has 0 unspecified atom stereocenters. The molecule has 5 heterocycles. The largest absolute Gasteiger partial charge is 0.381 e. The number of nitrogens with one attached hydrogen (secondary N) is 1. The summed E-state index contributed by atoms with van der Waals surface area (Å²) >= 11 is 0. The molecule has 0 bridgehead atoms. The first kappa shape index (κ1) is 20.2. The number of carbonyl (C=O) groups excluding carboxylic acids is 2. The molecule has 5 rings (SSSR count). The van der Waals surface area contributed by atoms with Crippen molar-refractivity contribution < 1.29 is 19.1 Å². The minimum absolute atomic E-state index is 0.0126. The maximum absolute atomic E-state index is 12.9. The number of carbonyl (C=O) groups is 2. The van der Waals surface area contributed by atoms with Gasteiger partial charge in [-0.25, -0.2) is 14.6 Å². The second-order valence-electron chi connectivity index (χ2n) is 8.37. The van der Waals surface area contributed by atoms with Crippen LogP contribution in [0.1, 0.15) is 46.8 Å². The first-order valence-electron chi connectivity index (χ1n) is 10.6. The van der Waals surface area contributed by atoms with Gasteiger partial charge in [0.25, 0.3) is 0 Å². The number of hydrogen-bond acceptors (Lipinski definition) is 8. The van der Waals surface area contributed by atoms with E-state index in [1.807, 2.05) is 17.7 Å². The van der Waals surface area contributed by atoms with Gasteiger partial charge in [-0.05, 0) is 13.3 Å². The zero-order chi connectivity index (χ0) is 21.6. The smallest absolute Gasteiger partial charge is 0.245 e. The van der Waals surface area contributed by atoms with Crippen molar-refractivity contribution in [3.05, 3.63) is 35.0 Å². The molecule has 10 nitrogen and oxygen atoms in total. The Hall–Kier alpha value is -2.69. The van der Waals surface area contributed by atoms with E-state index in [0.29, 0.717) is 32.8 Å². The zero-order valence-electron chi connectivity index (χ0n) is 17.8. The molecule has 10 heteroatoms. The molecular formula is C21H26N6O4. The molecule has 1 fully saturated rings. The number of ether oxygens (including phenoxy) is 2. The normalized spacial score (nSPS) is 22.3. The third kappa shape index (κ3) is 3.54. The predicted molar refractivity (Wildman–Crippen MR) is 110 cm³/mol. The Balaban J connectivity index is 1.28. The van der Waals surface area contributed by atoms with Crippen LogP contribution in [0.5, 0.6) is 0 Å². The molecule has 31 heavy (non-hydrogen) atoms. The van der Waals surface area contributed by atoms with Gasteiger partial charge in [-0.2, -0.15) is 5.10 Å². The average molecular weight is 426 g/mol. The Labute approximate surface area is 179 Å². The van der Waals surface area contributed by atoms with E-state index in [1.165, 1.54) is 0 Å². The van der Waals surface area contributed by atoms with Crippen LogP contribution in [-0.4, -0.2) is 64.3 Å². The molecule has 0 aromatic carbocycles. The van der Waals surface area contributed by atoms with Crippen LogP contribution in [0.2, 0.25) is 0 Å². The maximum atomic E-state index is 12.9. The Bertz CT molecular complexity index is 1020. The van der Waals surface area contributed by atoms with Gasteiger partial charge < -0.3 is 9.47 Å². The third-order valence-corrected chi connectivity index (χ3v) is 6.34. The van der Waals surface area contributed by atoms with Crippen molar-refractivity contribution in [2.75, 3.05) is 31.7 Å². The lowest BCUT2D eigenvalue weighted by Gasteiger charge is -2.32. The molecule has 164 valence electrons. The molecule has 3 aliphatic heterocycles. The summed E-state index contributed by atoms with van der Waals surface area (Å²) in [7, 11) is 1.73. The van der Waals surface area contributed by atoms with Gasteiger partial charge in [0.05, 0.1) is 30.6 Å². The highest BCUT2D eigenvalue weighted by atomic mass is 16.5. The van der Waals surface area contributed by atoms with Gasteiger partial charge in [0.2, 0.25) is 11.7 Å². The molecule has 1 saturated heterocycles. The van der Waals surface area contributed by atoms with Crippen molar-refractivity contribution in [3.63, 3.8) is 0 Å². The van der Waals surface area contributed by atoms with Crippen LogP contribution < -0.4 is 10.2 Å². The first-order chi connectivity index (χ1) is 15.0. The molecule has 0 aliphatic carbocycles. The van der Waals surface area contributed by atoms with Crippen molar-refractivity contribution in [2.45, 2.75) is 51.0 Å². The average Bonchev–Trinajstić information content (AvgIpc) is 3.30. The molecule has 3 aliphatic rings. The van der Waals surface area contributed by atoms with Crippen LogP contribution in [-0.2, 0) is 33.0 Å². The maximum Gasteiger partial charge on any atom is 0.245 e. The van der Waals surface area contributed by atoms with Crippen LogP contribution in [0.3, 0.4) is 0 Å². The van der Waals surface area contributed by atoms with E-state index >= 15 is 0 Å². The minimum atomic E-state index is -0.476. The van der Waals surface area contributed by atoms with Crippen LogP contribution in [0.25, 0.3) is 0 Å².